The zero-order chi connectivity index (χ0) is 45.9. The third kappa shape index (κ3) is 6.38. The number of Topliss-reactive ketones (excluding diaryl/α,β-unsaturated/α-hetero) is 2. The van der Waals surface area contributed by atoms with Crippen molar-refractivity contribution >= 4 is 33.3 Å². The van der Waals surface area contributed by atoms with Gasteiger partial charge in [0, 0.05) is 33.5 Å². The van der Waals surface area contributed by atoms with Crippen molar-refractivity contribution in [1.82, 2.24) is 0 Å². The zero-order valence-corrected chi connectivity index (χ0v) is 36.7. The van der Waals surface area contributed by atoms with Gasteiger partial charge in [-0.25, -0.2) is 8.78 Å². The van der Waals surface area contributed by atoms with E-state index in [1.807, 2.05) is 0 Å². The molecule has 16 atom stereocenters. The number of aliphatic hydroxyl groups excluding tert-OH is 4. The lowest BCUT2D eigenvalue weighted by molar-refractivity contribution is -0.219. The molecular weight excluding hydrogens is 819 g/mol. The number of halogens is 2. The van der Waals surface area contributed by atoms with E-state index in [1.54, 1.807) is 53.7 Å². The number of carbonyl (C=O) groups is 4. The van der Waals surface area contributed by atoms with E-state index in [-0.39, 0.29) is 36.2 Å². The highest BCUT2D eigenvalue weighted by atomic mass is 32.2. The number of hydrogen-bond acceptors (Lipinski definition) is 12. The van der Waals surface area contributed by atoms with Crippen molar-refractivity contribution in [2.75, 3.05) is 19.5 Å². The monoisotopic (exact) mass is 880 g/mol. The molecule has 8 aliphatic rings. The Morgan fingerprint density at radius 3 is 1.30 bits per heavy atom. The van der Waals surface area contributed by atoms with Gasteiger partial charge in [-0.2, -0.15) is 8.42 Å². The second-order valence-electron chi connectivity index (χ2n) is 20.2. The Kier molecular flexibility index (Phi) is 11.8. The summed E-state index contributed by atoms with van der Waals surface area (Å²) in [5.41, 5.74) is -10.3. The summed E-state index contributed by atoms with van der Waals surface area (Å²) in [6, 6.07) is 0. The van der Waals surface area contributed by atoms with Gasteiger partial charge in [0.2, 0.25) is 0 Å². The van der Waals surface area contributed by atoms with E-state index >= 15 is 8.78 Å². The maximum Gasteiger partial charge on any atom is 0.261 e. The minimum atomic E-state index is -3.67. The number of alkyl halides is 2. The molecule has 0 amide bonds. The van der Waals surface area contributed by atoms with E-state index in [0.717, 1.165) is 0 Å². The Balaban J connectivity index is 0.000000184. The maximum absolute atomic E-state index is 16.9. The summed E-state index contributed by atoms with van der Waals surface area (Å²) in [4.78, 5) is 48.8. The van der Waals surface area contributed by atoms with Crippen LogP contribution in [0.15, 0.2) is 47.6 Å². The van der Waals surface area contributed by atoms with Gasteiger partial charge in [0.1, 0.15) is 24.4 Å². The van der Waals surface area contributed by atoms with Crippen LogP contribution in [0.25, 0.3) is 0 Å². The molecular formula is C45H62F2O13S. The predicted octanol–water partition coefficient (Wildman–Crippen LogP) is 3.30. The fourth-order valence-corrected chi connectivity index (χ4v) is 14.5. The molecule has 8 rings (SSSR count). The summed E-state index contributed by atoms with van der Waals surface area (Å²) in [5, 5.41) is 63.9. The van der Waals surface area contributed by atoms with Crippen LogP contribution < -0.4 is 0 Å². The van der Waals surface area contributed by atoms with Crippen LogP contribution >= 0.6 is 0 Å². The Morgan fingerprint density at radius 2 is 1.00 bits per heavy atom. The largest absolute Gasteiger partial charge is 0.390 e. The van der Waals surface area contributed by atoms with Crippen molar-refractivity contribution < 1.29 is 71.6 Å². The van der Waals surface area contributed by atoms with Gasteiger partial charge in [-0.1, -0.05) is 51.0 Å². The summed E-state index contributed by atoms with van der Waals surface area (Å²) in [6.45, 7) is 8.96. The highest BCUT2D eigenvalue weighted by Gasteiger charge is 2.77. The molecule has 0 radical (unpaired) electrons. The number of fused-ring (bicyclic) bond motifs is 10. The average molecular weight is 881 g/mol. The van der Waals surface area contributed by atoms with Crippen molar-refractivity contribution in [1.29, 1.82) is 0 Å². The summed E-state index contributed by atoms with van der Waals surface area (Å²) < 4.78 is 59.6. The van der Waals surface area contributed by atoms with Crippen molar-refractivity contribution in [2.45, 2.75) is 128 Å². The van der Waals surface area contributed by atoms with Gasteiger partial charge in [-0.05, 0) is 113 Å². The van der Waals surface area contributed by atoms with Gasteiger partial charge >= 0.3 is 0 Å². The molecule has 7 N–H and O–H groups in total. The Morgan fingerprint density at radius 1 is 0.689 bits per heavy atom. The topological polar surface area (TPSA) is 244 Å². The fourth-order valence-electron chi connectivity index (χ4n) is 14.5. The Labute approximate surface area is 355 Å². The normalized spacial score (nSPS) is 49.2. The van der Waals surface area contributed by atoms with Gasteiger partial charge in [-0.3, -0.25) is 23.7 Å². The molecule has 0 bridgehead atoms. The average Bonchev–Trinajstić information content (AvgIpc) is 3.50. The lowest BCUT2D eigenvalue weighted by Crippen LogP contribution is -2.69. The summed E-state index contributed by atoms with van der Waals surface area (Å²) in [5.74, 6) is -4.24. The van der Waals surface area contributed by atoms with Crippen molar-refractivity contribution in [3.8, 4) is 0 Å². The molecule has 0 aromatic rings. The summed E-state index contributed by atoms with van der Waals surface area (Å²) in [6.07, 6.45) is 9.59. The molecule has 0 heterocycles. The molecule has 13 nitrogen and oxygen atoms in total. The predicted molar refractivity (Wildman–Crippen MR) is 217 cm³/mol. The molecule has 0 saturated heterocycles. The fraction of sp³-hybridized carbons (Fsp3) is 0.733. The maximum atomic E-state index is 16.9. The Bertz CT molecular complexity index is 1980. The van der Waals surface area contributed by atoms with E-state index in [1.165, 1.54) is 24.3 Å². The molecule has 340 valence electrons. The first-order chi connectivity index (χ1) is 27.9. The van der Waals surface area contributed by atoms with E-state index < -0.39 is 115 Å². The minimum Gasteiger partial charge on any atom is -0.390 e. The second-order valence-corrected chi connectivity index (χ2v) is 21.7. The minimum absolute atomic E-state index is 0.0676. The molecule has 0 aliphatic heterocycles. The lowest BCUT2D eigenvalue weighted by atomic mass is 9.44. The summed E-state index contributed by atoms with van der Waals surface area (Å²) in [7, 11) is -3.67. The van der Waals surface area contributed by atoms with E-state index in [9.17, 15) is 58.2 Å². The number of aliphatic hydroxyl groups is 6. The third-order valence-corrected chi connectivity index (χ3v) is 17.6. The van der Waals surface area contributed by atoms with E-state index in [4.69, 9.17) is 4.55 Å². The van der Waals surface area contributed by atoms with Crippen molar-refractivity contribution in [3.05, 3.63) is 47.6 Å². The molecule has 16 heteroatoms. The van der Waals surface area contributed by atoms with Gasteiger partial charge in [0.05, 0.1) is 18.5 Å². The van der Waals surface area contributed by atoms with Crippen LogP contribution in [0.5, 0.6) is 0 Å². The second kappa shape index (κ2) is 15.1. The first-order valence-electron chi connectivity index (χ1n) is 21.2. The number of hydrogen-bond donors (Lipinski definition) is 7. The smallest absolute Gasteiger partial charge is 0.261 e. The molecule has 0 unspecified atom stereocenters. The van der Waals surface area contributed by atoms with Crippen LogP contribution in [-0.2, 0) is 29.3 Å². The summed E-state index contributed by atoms with van der Waals surface area (Å²) >= 11 is 0. The lowest BCUT2D eigenvalue weighted by Gasteiger charge is -2.62. The van der Waals surface area contributed by atoms with Crippen molar-refractivity contribution in [2.24, 2.45) is 57.2 Å². The number of carbonyl (C=O) groups excluding carboxylic acids is 4. The zero-order valence-electron chi connectivity index (χ0n) is 35.9. The van der Waals surface area contributed by atoms with Crippen LogP contribution in [-0.4, -0.2) is 121 Å². The van der Waals surface area contributed by atoms with Crippen LogP contribution in [0, 0.1) is 57.2 Å². The van der Waals surface area contributed by atoms with Gasteiger partial charge in [0.15, 0.2) is 34.5 Å². The molecule has 0 aromatic carbocycles. The quantitative estimate of drug-likeness (QED) is 0.201. The molecule has 8 aliphatic carbocycles. The van der Waals surface area contributed by atoms with Crippen LogP contribution in [0.3, 0.4) is 0 Å². The van der Waals surface area contributed by atoms with Gasteiger partial charge in [-0.15, -0.1) is 0 Å². The standard InChI is InChI=1S/2C22H29FO5.CH4O3S/c2*1-12-8-16-15-5-4-13-9-14(25)6-7-19(13,2)21(15,23)17(26)10-20(16,3)22(12,28)18(27)11-24;1-5(2,3)4/h2*6-7,9,12,15-17,24,26,28H,4-5,8,10-11H2,1-3H3;1H3,(H,2,3,4)/t2*12-,15+,16+,17+,19+,20+,21+,22+;/m11./s1. The van der Waals surface area contributed by atoms with Crippen molar-refractivity contribution in [3.63, 3.8) is 0 Å². The van der Waals surface area contributed by atoms with E-state index in [2.05, 4.69) is 0 Å². The molecule has 6 fully saturated rings. The van der Waals surface area contributed by atoms with Gasteiger partial charge < -0.3 is 30.6 Å². The highest BCUT2D eigenvalue weighted by Crippen LogP contribution is 2.72. The SMILES string of the molecule is CS(=O)(=O)O.C[C@@H]1C[C@H]2[C@@H]3CCC4=CC(=O)C=C[C@]4(C)[C@@]3(F)[C@@H](O)C[C@]2(C)[C@@]1(O)C(=O)CO.C[C@@H]1C[C@H]2[C@@H]3CCC4=CC(=O)C=C[C@]4(C)[C@@]3(F)[C@@H](O)C[C@]2(C)[C@@]1(O)C(=O)CO. The number of rotatable bonds is 4. The number of ketones is 4. The van der Waals surface area contributed by atoms with Crippen LogP contribution in [0.2, 0.25) is 0 Å². The molecule has 0 aromatic heterocycles. The van der Waals surface area contributed by atoms with E-state index in [0.29, 0.717) is 55.9 Å². The highest BCUT2D eigenvalue weighted by molar-refractivity contribution is 7.85. The molecule has 61 heavy (non-hydrogen) atoms. The van der Waals surface area contributed by atoms with Gasteiger partial charge in [0.25, 0.3) is 10.1 Å². The molecule has 6 saturated carbocycles. The number of allylic oxidation sites excluding steroid dienone is 8. The van der Waals surface area contributed by atoms with Crippen LogP contribution in [0.1, 0.15) is 92.9 Å². The Hall–Kier alpha value is -2.83. The first-order valence-corrected chi connectivity index (χ1v) is 23.1. The first kappa shape index (κ1) is 47.6. The van der Waals surface area contributed by atoms with Crippen LogP contribution in [0.4, 0.5) is 8.78 Å². The third-order valence-electron chi connectivity index (χ3n) is 17.6. The molecule has 0 spiro atoms.